The third kappa shape index (κ3) is 5.24. The van der Waals surface area contributed by atoms with E-state index in [1.54, 1.807) is 24.3 Å². The lowest BCUT2D eigenvalue weighted by molar-refractivity contribution is 0.138. The van der Waals surface area contributed by atoms with Crippen molar-refractivity contribution < 1.29 is 22.3 Å². The SMILES string of the molecule is COc1ccc(CN2CCN(C(=O)NS(=O)(=O)c3ccc(C)cc3)CC2)cc1F. The van der Waals surface area contributed by atoms with Crippen molar-refractivity contribution >= 4 is 16.1 Å². The van der Waals surface area contributed by atoms with E-state index in [1.165, 1.54) is 30.2 Å². The summed E-state index contributed by atoms with van der Waals surface area (Å²) in [4.78, 5) is 16.0. The molecule has 1 saturated heterocycles. The van der Waals surface area contributed by atoms with E-state index in [1.807, 2.05) is 6.92 Å². The lowest BCUT2D eigenvalue weighted by Gasteiger charge is -2.34. The number of nitrogens with one attached hydrogen (secondary N) is 1. The maximum absolute atomic E-state index is 13.8. The van der Waals surface area contributed by atoms with Crippen molar-refractivity contribution in [3.63, 3.8) is 0 Å². The Kier molecular flexibility index (Phi) is 6.39. The summed E-state index contributed by atoms with van der Waals surface area (Å²) in [5.41, 5.74) is 1.74. The summed E-state index contributed by atoms with van der Waals surface area (Å²) in [7, 11) is -2.49. The third-order valence-corrected chi connectivity index (χ3v) is 6.17. The molecule has 0 radical (unpaired) electrons. The minimum Gasteiger partial charge on any atom is -0.494 e. The highest BCUT2D eigenvalue weighted by atomic mass is 32.2. The number of piperazine rings is 1. The van der Waals surface area contributed by atoms with Gasteiger partial charge in [0.2, 0.25) is 0 Å². The number of benzene rings is 2. The van der Waals surface area contributed by atoms with Gasteiger partial charge in [0.05, 0.1) is 12.0 Å². The first kappa shape index (κ1) is 21.1. The monoisotopic (exact) mass is 421 g/mol. The number of hydrogen-bond donors (Lipinski definition) is 1. The Morgan fingerprint density at radius 2 is 1.76 bits per heavy atom. The molecule has 0 spiro atoms. The zero-order valence-corrected chi connectivity index (χ0v) is 17.2. The molecule has 1 N–H and O–H groups in total. The van der Waals surface area contributed by atoms with E-state index in [9.17, 15) is 17.6 Å². The van der Waals surface area contributed by atoms with Gasteiger partial charge in [0.15, 0.2) is 11.6 Å². The van der Waals surface area contributed by atoms with Crippen molar-refractivity contribution in [1.82, 2.24) is 14.5 Å². The smallest absolute Gasteiger partial charge is 0.331 e. The fourth-order valence-electron chi connectivity index (χ4n) is 3.13. The van der Waals surface area contributed by atoms with Crippen LogP contribution in [0.5, 0.6) is 5.75 Å². The van der Waals surface area contributed by atoms with E-state index in [2.05, 4.69) is 9.62 Å². The van der Waals surface area contributed by atoms with Crippen LogP contribution in [-0.4, -0.2) is 57.5 Å². The first-order valence-corrected chi connectivity index (χ1v) is 10.7. The van der Waals surface area contributed by atoms with Gasteiger partial charge in [0.1, 0.15) is 0 Å². The number of rotatable bonds is 5. The second-order valence-corrected chi connectivity index (χ2v) is 8.64. The molecule has 0 aromatic heterocycles. The van der Waals surface area contributed by atoms with Crippen LogP contribution in [0.2, 0.25) is 0 Å². The second kappa shape index (κ2) is 8.79. The van der Waals surface area contributed by atoms with E-state index in [-0.39, 0.29) is 10.6 Å². The average Bonchev–Trinajstić information content (AvgIpc) is 2.68. The summed E-state index contributed by atoms with van der Waals surface area (Å²) >= 11 is 0. The fraction of sp³-hybridized carbons (Fsp3) is 0.350. The van der Waals surface area contributed by atoms with Gasteiger partial charge in [-0.25, -0.2) is 22.3 Å². The van der Waals surface area contributed by atoms with Crippen LogP contribution in [0.1, 0.15) is 11.1 Å². The minimum absolute atomic E-state index is 0.0524. The zero-order chi connectivity index (χ0) is 21.0. The molecule has 0 bridgehead atoms. The molecular weight excluding hydrogens is 397 g/mol. The molecule has 0 atom stereocenters. The Hall–Kier alpha value is -2.65. The van der Waals surface area contributed by atoms with Gasteiger partial charge in [0.25, 0.3) is 10.0 Å². The Bertz CT molecular complexity index is 972. The number of halogens is 1. The molecule has 0 aliphatic carbocycles. The van der Waals surface area contributed by atoms with Gasteiger partial charge in [-0.05, 0) is 36.8 Å². The second-order valence-electron chi connectivity index (χ2n) is 6.96. The number of methoxy groups -OCH3 is 1. The molecule has 2 aromatic rings. The van der Waals surface area contributed by atoms with Gasteiger partial charge >= 0.3 is 6.03 Å². The Labute approximate surface area is 170 Å². The van der Waals surface area contributed by atoms with Gasteiger partial charge < -0.3 is 9.64 Å². The van der Waals surface area contributed by atoms with Crippen LogP contribution in [0.4, 0.5) is 9.18 Å². The molecule has 2 amide bonds. The van der Waals surface area contributed by atoms with E-state index >= 15 is 0 Å². The molecule has 3 rings (SSSR count). The summed E-state index contributed by atoms with van der Waals surface area (Å²) in [6.45, 7) is 4.28. The molecule has 1 heterocycles. The summed E-state index contributed by atoms with van der Waals surface area (Å²) in [6, 6.07) is 10.5. The van der Waals surface area contributed by atoms with E-state index in [4.69, 9.17) is 4.74 Å². The minimum atomic E-state index is -3.91. The molecule has 1 aliphatic rings. The number of ether oxygens (including phenoxy) is 1. The summed E-state index contributed by atoms with van der Waals surface area (Å²) in [5, 5.41) is 0. The van der Waals surface area contributed by atoms with Gasteiger partial charge in [-0.1, -0.05) is 23.8 Å². The number of amides is 2. The van der Waals surface area contributed by atoms with Gasteiger partial charge in [-0.3, -0.25) is 4.90 Å². The maximum Gasteiger partial charge on any atom is 0.331 e. The highest BCUT2D eigenvalue weighted by Crippen LogP contribution is 2.19. The fourth-order valence-corrected chi connectivity index (χ4v) is 4.10. The zero-order valence-electron chi connectivity index (χ0n) is 16.4. The van der Waals surface area contributed by atoms with Crippen LogP contribution in [-0.2, 0) is 16.6 Å². The molecular formula is C20H24FN3O4S. The maximum atomic E-state index is 13.8. The molecule has 2 aromatic carbocycles. The van der Waals surface area contributed by atoms with Gasteiger partial charge in [0, 0.05) is 32.7 Å². The van der Waals surface area contributed by atoms with Crippen LogP contribution in [0.15, 0.2) is 47.4 Å². The predicted molar refractivity (Wildman–Crippen MR) is 107 cm³/mol. The van der Waals surface area contributed by atoms with Crippen molar-refractivity contribution in [3.05, 3.63) is 59.4 Å². The Balaban J connectivity index is 1.54. The van der Waals surface area contributed by atoms with E-state index in [0.717, 1.165) is 11.1 Å². The normalized spacial score (nSPS) is 15.2. The number of carbonyl (C=O) groups excluding carboxylic acids is 1. The van der Waals surface area contributed by atoms with Crippen molar-refractivity contribution in [2.24, 2.45) is 0 Å². The molecule has 9 heteroatoms. The number of hydrogen-bond acceptors (Lipinski definition) is 5. The molecule has 156 valence electrons. The third-order valence-electron chi connectivity index (χ3n) is 4.83. The lowest BCUT2D eigenvalue weighted by atomic mass is 10.2. The van der Waals surface area contributed by atoms with Crippen LogP contribution >= 0.6 is 0 Å². The topological polar surface area (TPSA) is 79.0 Å². The highest BCUT2D eigenvalue weighted by molar-refractivity contribution is 7.90. The van der Waals surface area contributed by atoms with E-state index < -0.39 is 21.9 Å². The quantitative estimate of drug-likeness (QED) is 0.802. The summed E-state index contributed by atoms with van der Waals surface area (Å²) in [5.74, 6) is -0.214. The lowest BCUT2D eigenvalue weighted by Crippen LogP contribution is -2.52. The molecule has 0 saturated carbocycles. The number of aryl methyl sites for hydroxylation is 1. The van der Waals surface area contributed by atoms with Crippen molar-refractivity contribution in [3.8, 4) is 5.75 Å². The number of urea groups is 1. The van der Waals surface area contributed by atoms with Crippen LogP contribution in [0.3, 0.4) is 0 Å². The van der Waals surface area contributed by atoms with Crippen molar-refractivity contribution in [2.75, 3.05) is 33.3 Å². The Morgan fingerprint density at radius 1 is 1.10 bits per heavy atom. The van der Waals surface area contributed by atoms with Crippen LogP contribution < -0.4 is 9.46 Å². The first-order chi connectivity index (χ1) is 13.8. The molecule has 29 heavy (non-hydrogen) atoms. The molecule has 0 unspecified atom stereocenters. The van der Waals surface area contributed by atoms with E-state index in [0.29, 0.717) is 32.7 Å². The first-order valence-electron chi connectivity index (χ1n) is 9.21. The summed E-state index contributed by atoms with van der Waals surface area (Å²) in [6.07, 6.45) is 0. The number of nitrogens with zero attached hydrogens (tertiary/aromatic N) is 2. The van der Waals surface area contributed by atoms with Gasteiger partial charge in [-0.15, -0.1) is 0 Å². The average molecular weight is 421 g/mol. The molecule has 7 nitrogen and oxygen atoms in total. The number of carbonyl (C=O) groups is 1. The largest absolute Gasteiger partial charge is 0.494 e. The highest BCUT2D eigenvalue weighted by Gasteiger charge is 2.25. The summed E-state index contributed by atoms with van der Waals surface area (Å²) < 4.78 is 45.6. The van der Waals surface area contributed by atoms with Crippen molar-refractivity contribution in [1.29, 1.82) is 0 Å². The van der Waals surface area contributed by atoms with Crippen molar-refractivity contribution in [2.45, 2.75) is 18.4 Å². The molecule has 1 fully saturated rings. The number of sulfonamides is 1. The van der Waals surface area contributed by atoms with Gasteiger partial charge in [-0.2, -0.15) is 0 Å². The standard InChI is InChI=1S/C20H24FN3O4S/c1-15-3-6-17(7-4-15)29(26,27)22-20(25)24-11-9-23(10-12-24)14-16-5-8-19(28-2)18(21)13-16/h3-8,13H,9-12,14H2,1-2H3,(H,22,25). The van der Waals surface area contributed by atoms with Crippen LogP contribution in [0.25, 0.3) is 0 Å². The predicted octanol–water partition coefficient (Wildman–Crippen LogP) is 2.36. The molecule has 1 aliphatic heterocycles. The van der Waals surface area contributed by atoms with Crippen LogP contribution in [0, 0.1) is 12.7 Å². The Morgan fingerprint density at radius 3 is 2.34 bits per heavy atom.